The Morgan fingerprint density at radius 1 is 1.73 bits per heavy atom. The molecule has 0 bridgehead atoms. The first-order valence-corrected chi connectivity index (χ1v) is 3.79. The van der Waals surface area contributed by atoms with Crippen LogP contribution in [0.25, 0.3) is 0 Å². The average Bonchev–Trinajstić information content (AvgIpc) is 1.97. The zero-order chi connectivity index (χ0) is 8.69. The maximum Gasteiger partial charge on any atom is 0.166 e. The van der Waals surface area contributed by atoms with Crippen molar-refractivity contribution >= 4 is 6.72 Å². The maximum atomic E-state index is 9.20. The maximum absolute atomic E-state index is 9.20. The quantitative estimate of drug-likeness (QED) is 0.434. The number of hydrogen-bond donors (Lipinski definition) is 2. The lowest BCUT2D eigenvalue weighted by molar-refractivity contribution is -0.361. The number of nitrogens with one attached hydrogen (secondary N) is 1. The van der Waals surface area contributed by atoms with E-state index in [4.69, 9.17) is 0 Å². The third-order valence-corrected chi connectivity index (χ3v) is 1.32. The van der Waals surface area contributed by atoms with Gasteiger partial charge in [0.15, 0.2) is 6.20 Å². The van der Waals surface area contributed by atoms with E-state index in [9.17, 15) is 5.11 Å². The predicted molar refractivity (Wildman–Crippen MR) is 47.3 cm³/mol. The first kappa shape index (κ1) is 10.1. The molecule has 0 aromatic rings. The Balaban J connectivity index is 4.22. The highest BCUT2D eigenvalue weighted by atomic mass is 16.3. The molecule has 0 aromatic heterocycles. The van der Waals surface area contributed by atoms with Gasteiger partial charge in [0.25, 0.3) is 0 Å². The Labute approximate surface area is 68.0 Å². The molecule has 0 aliphatic heterocycles. The van der Waals surface area contributed by atoms with E-state index in [0.717, 1.165) is 12.0 Å². The lowest BCUT2D eigenvalue weighted by Crippen LogP contribution is -2.57. The molecule has 0 spiro atoms. The van der Waals surface area contributed by atoms with Crippen LogP contribution in [0.4, 0.5) is 0 Å². The van der Waals surface area contributed by atoms with Crippen LogP contribution in [-0.4, -0.2) is 17.9 Å². The fourth-order valence-electron chi connectivity index (χ4n) is 0.769. The van der Waals surface area contributed by atoms with Gasteiger partial charge in [0.2, 0.25) is 0 Å². The van der Waals surface area contributed by atoms with Crippen LogP contribution in [-0.2, 0) is 0 Å². The van der Waals surface area contributed by atoms with Crippen LogP contribution in [0.5, 0.6) is 0 Å². The van der Waals surface area contributed by atoms with Crippen molar-refractivity contribution in [1.29, 1.82) is 0 Å². The molecule has 62 valence electrons. The molecule has 2 nitrogen and oxygen atoms in total. The minimum absolute atomic E-state index is 0.403. The van der Waals surface area contributed by atoms with Crippen molar-refractivity contribution in [2.45, 2.75) is 26.4 Å². The summed E-state index contributed by atoms with van der Waals surface area (Å²) in [6, 6.07) is 0. The summed E-state index contributed by atoms with van der Waals surface area (Å²) < 4.78 is 0. The molecule has 0 radical (unpaired) electrons. The molecular formula is C9H16NO+. The molecule has 0 fully saturated rings. The van der Waals surface area contributed by atoms with Crippen molar-refractivity contribution in [3.63, 3.8) is 0 Å². The molecule has 0 aliphatic carbocycles. The largest absolute Gasteiger partial charge is 0.389 e. The van der Waals surface area contributed by atoms with E-state index in [2.05, 4.69) is 11.7 Å². The van der Waals surface area contributed by atoms with E-state index in [1.807, 2.05) is 19.1 Å². The van der Waals surface area contributed by atoms with Crippen molar-refractivity contribution < 1.29 is 10.1 Å². The molecule has 0 saturated heterocycles. The molecule has 0 aliphatic rings. The normalized spacial score (nSPS) is 15.4. The van der Waals surface area contributed by atoms with Gasteiger partial charge in [-0.2, -0.15) is 0 Å². The molecular weight excluding hydrogens is 138 g/mol. The zero-order valence-electron chi connectivity index (χ0n) is 7.17. The van der Waals surface area contributed by atoms with Crippen LogP contribution < -0.4 is 4.99 Å². The third kappa shape index (κ3) is 4.51. The van der Waals surface area contributed by atoms with Gasteiger partial charge in [-0.15, -0.1) is 0 Å². The predicted octanol–water partition coefficient (Wildman–Crippen LogP) is -0.00150. The van der Waals surface area contributed by atoms with Crippen molar-refractivity contribution in [2.24, 2.45) is 0 Å². The Hall–Kier alpha value is -0.890. The molecule has 1 unspecified atom stereocenters. The second-order valence-electron chi connectivity index (χ2n) is 2.33. The van der Waals surface area contributed by atoms with Gasteiger partial charge in [0.05, 0.1) is 6.10 Å². The highest BCUT2D eigenvalue weighted by Crippen LogP contribution is 2.03. The van der Waals surface area contributed by atoms with E-state index in [0.29, 0.717) is 0 Å². The Morgan fingerprint density at radius 2 is 2.36 bits per heavy atom. The Bertz CT molecular complexity index is 168. The second kappa shape index (κ2) is 5.86. The van der Waals surface area contributed by atoms with E-state index in [-0.39, 0.29) is 0 Å². The summed E-state index contributed by atoms with van der Waals surface area (Å²) in [5.74, 6) is 0. The van der Waals surface area contributed by atoms with E-state index in [1.165, 1.54) is 0 Å². The summed E-state index contributed by atoms with van der Waals surface area (Å²) >= 11 is 0. The van der Waals surface area contributed by atoms with Crippen LogP contribution in [0.2, 0.25) is 0 Å². The Morgan fingerprint density at radius 3 is 2.73 bits per heavy atom. The van der Waals surface area contributed by atoms with Gasteiger partial charge < -0.3 is 5.11 Å². The molecule has 0 aromatic carbocycles. The molecule has 0 heterocycles. The van der Waals surface area contributed by atoms with Crippen molar-refractivity contribution in [1.82, 2.24) is 0 Å². The molecule has 0 amide bonds. The van der Waals surface area contributed by atoms with Gasteiger partial charge >= 0.3 is 0 Å². The number of hydrogen-bond acceptors (Lipinski definition) is 1. The number of allylic oxidation sites excluding steroid dienone is 1. The van der Waals surface area contributed by atoms with Crippen molar-refractivity contribution in [2.75, 3.05) is 0 Å². The lowest BCUT2D eigenvalue weighted by Gasteiger charge is -2.02. The van der Waals surface area contributed by atoms with Crippen LogP contribution in [0.15, 0.2) is 23.9 Å². The zero-order valence-corrected chi connectivity index (χ0v) is 7.17. The third-order valence-electron chi connectivity index (χ3n) is 1.32. The Kier molecular flexibility index (Phi) is 5.39. The van der Waals surface area contributed by atoms with Crippen LogP contribution in [0.3, 0.4) is 0 Å². The fraction of sp³-hybridized carbons (Fsp3) is 0.444. The summed E-state index contributed by atoms with van der Waals surface area (Å²) in [5, 5.41) is 9.20. The SMILES string of the molecule is C=[NH+]/C=C\C(=C\CC)C(C)O. The van der Waals surface area contributed by atoms with Crippen molar-refractivity contribution in [3.05, 3.63) is 23.9 Å². The number of aliphatic hydroxyl groups excluding tert-OH is 1. The summed E-state index contributed by atoms with van der Waals surface area (Å²) in [5.41, 5.74) is 0.920. The standard InChI is InChI=1S/C9H15NO/c1-4-5-9(8(2)11)6-7-10-3/h5-8,11H,3-4H2,1-2H3/p+1/b7-6-,9-5-. The molecule has 2 heteroatoms. The van der Waals surface area contributed by atoms with Gasteiger partial charge in [-0.3, -0.25) is 0 Å². The van der Waals surface area contributed by atoms with Gasteiger partial charge in [-0.25, -0.2) is 4.99 Å². The van der Waals surface area contributed by atoms with Crippen LogP contribution in [0.1, 0.15) is 20.3 Å². The molecule has 0 saturated carbocycles. The summed E-state index contributed by atoms with van der Waals surface area (Å²) in [4.78, 5) is 2.63. The van der Waals surface area contributed by atoms with Gasteiger partial charge in [0, 0.05) is 6.08 Å². The molecule has 1 atom stereocenters. The minimum atomic E-state index is -0.403. The number of aliphatic hydroxyl groups is 1. The number of rotatable bonds is 4. The van der Waals surface area contributed by atoms with Crippen LogP contribution in [0, 0.1) is 0 Å². The highest BCUT2D eigenvalue weighted by molar-refractivity contribution is 5.21. The summed E-state index contributed by atoms with van der Waals surface area (Å²) in [6.45, 7) is 7.21. The molecule has 2 N–H and O–H groups in total. The fourth-order valence-corrected chi connectivity index (χ4v) is 0.769. The van der Waals surface area contributed by atoms with Crippen molar-refractivity contribution in [3.8, 4) is 0 Å². The van der Waals surface area contributed by atoms with E-state index >= 15 is 0 Å². The monoisotopic (exact) mass is 154 g/mol. The minimum Gasteiger partial charge on any atom is -0.389 e. The average molecular weight is 154 g/mol. The first-order chi connectivity index (χ1) is 5.22. The van der Waals surface area contributed by atoms with Gasteiger partial charge in [0.1, 0.15) is 6.72 Å². The second-order valence-corrected chi connectivity index (χ2v) is 2.33. The van der Waals surface area contributed by atoms with Gasteiger partial charge in [-0.05, 0) is 18.9 Å². The topological polar surface area (TPSA) is 34.2 Å². The molecule has 0 rings (SSSR count). The van der Waals surface area contributed by atoms with Crippen LogP contribution >= 0.6 is 0 Å². The van der Waals surface area contributed by atoms with Gasteiger partial charge in [-0.1, -0.05) is 13.0 Å². The lowest BCUT2D eigenvalue weighted by atomic mass is 10.1. The van der Waals surface area contributed by atoms with E-state index in [1.54, 1.807) is 13.1 Å². The highest BCUT2D eigenvalue weighted by Gasteiger charge is 1.99. The molecule has 11 heavy (non-hydrogen) atoms. The summed E-state index contributed by atoms with van der Waals surface area (Å²) in [7, 11) is 0. The summed E-state index contributed by atoms with van der Waals surface area (Å²) in [6.07, 6.45) is 6.04. The smallest absolute Gasteiger partial charge is 0.166 e. The first-order valence-electron chi connectivity index (χ1n) is 3.79. The van der Waals surface area contributed by atoms with E-state index < -0.39 is 6.10 Å².